The normalized spacial score (nSPS) is 31.4. The second-order valence-electron chi connectivity index (χ2n) is 4.83. The minimum Gasteiger partial charge on any atom is -0.481 e. The van der Waals surface area contributed by atoms with Gasteiger partial charge in [0.1, 0.15) is 0 Å². The maximum absolute atomic E-state index is 10.5. The first kappa shape index (κ1) is 9.74. The second kappa shape index (κ2) is 3.54. The zero-order valence-corrected chi connectivity index (χ0v) is 8.91. The van der Waals surface area contributed by atoms with Gasteiger partial charge in [-0.3, -0.25) is 4.79 Å². The lowest BCUT2D eigenvalue weighted by Gasteiger charge is -2.10. The van der Waals surface area contributed by atoms with Crippen LogP contribution < -0.4 is 0 Å². The van der Waals surface area contributed by atoms with Gasteiger partial charge in [-0.15, -0.1) is 5.10 Å². The van der Waals surface area contributed by atoms with Crippen molar-refractivity contribution in [3.63, 3.8) is 0 Å². The van der Waals surface area contributed by atoms with Gasteiger partial charge in [-0.2, -0.15) is 0 Å². The van der Waals surface area contributed by atoms with Crippen molar-refractivity contribution in [1.82, 2.24) is 20.2 Å². The van der Waals surface area contributed by atoms with Crippen LogP contribution in [0.25, 0.3) is 0 Å². The van der Waals surface area contributed by atoms with E-state index in [9.17, 15) is 4.79 Å². The molecule has 0 radical (unpaired) electrons. The Morgan fingerprint density at radius 1 is 1.38 bits per heavy atom. The van der Waals surface area contributed by atoms with Crippen LogP contribution in [-0.4, -0.2) is 31.3 Å². The van der Waals surface area contributed by atoms with Crippen LogP contribution in [0.4, 0.5) is 0 Å². The summed E-state index contributed by atoms with van der Waals surface area (Å²) in [5.41, 5.74) is 0. The van der Waals surface area contributed by atoms with Gasteiger partial charge in [0.05, 0.1) is 13.0 Å². The number of hydrogen-bond acceptors (Lipinski definition) is 4. The van der Waals surface area contributed by atoms with E-state index in [1.54, 1.807) is 4.68 Å². The molecule has 0 spiro atoms. The maximum atomic E-state index is 10.5. The Labute approximate surface area is 92.6 Å². The average molecular weight is 222 g/mol. The summed E-state index contributed by atoms with van der Waals surface area (Å²) in [7, 11) is 0. The smallest absolute Gasteiger partial charge is 0.305 e. The van der Waals surface area contributed by atoms with E-state index in [1.165, 1.54) is 19.3 Å². The summed E-state index contributed by atoms with van der Waals surface area (Å²) >= 11 is 0. The highest BCUT2D eigenvalue weighted by Crippen LogP contribution is 2.57. The van der Waals surface area contributed by atoms with Crippen LogP contribution in [0.15, 0.2) is 0 Å². The highest BCUT2D eigenvalue weighted by atomic mass is 16.4. The van der Waals surface area contributed by atoms with E-state index < -0.39 is 5.97 Å². The number of aryl methyl sites for hydroxylation is 1. The predicted molar refractivity (Wildman–Crippen MR) is 53.6 cm³/mol. The number of tetrazole rings is 1. The molecule has 2 aliphatic rings. The minimum absolute atomic E-state index is 0.0810. The molecule has 0 aromatic carbocycles. The molecule has 2 atom stereocenters. The van der Waals surface area contributed by atoms with Crippen LogP contribution in [0, 0.1) is 11.8 Å². The standard InChI is InChI=1S/C10H14N4O2/c15-9(16)1-2-14-10(11-12-13-14)8-4-6-3-7(6)5-8/h6-8H,1-5H2,(H,15,16). The van der Waals surface area contributed by atoms with Gasteiger partial charge in [-0.25, -0.2) is 4.68 Å². The van der Waals surface area contributed by atoms with Gasteiger partial charge in [0.2, 0.25) is 0 Å². The number of aliphatic carboxylic acids is 1. The van der Waals surface area contributed by atoms with Crippen molar-refractivity contribution in [2.75, 3.05) is 0 Å². The van der Waals surface area contributed by atoms with Crippen molar-refractivity contribution < 1.29 is 9.90 Å². The number of carboxylic acids is 1. The summed E-state index contributed by atoms with van der Waals surface area (Å²) in [6.07, 6.45) is 3.81. The van der Waals surface area contributed by atoms with Crippen LogP contribution in [0.2, 0.25) is 0 Å². The van der Waals surface area contributed by atoms with Crippen molar-refractivity contribution >= 4 is 5.97 Å². The number of hydrogen-bond donors (Lipinski definition) is 1. The fraction of sp³-hybridized carbons (Fsp3) is 0.800. The molecule has 0 bridgehead atoms. The molecule has 2 fully saturated rings. The van der Waals surface area contributed by atoms with Crippen molar-refractivity contribution in [1.29, 1.82) is 0 Å². The van der Waals surface area contributed by atoms with Gasteiger partial charge in [0, 0.05) is 5.92 Å². The largest absolute Gasteiger partial charge is 0.481 e. The Kier molecular flexibility index (Phi) is 2.15. The Hall–Kier alpha value is -1.46. The third kappa shape index (κ3) is 1.68. The quantitative estimate of drug-likeness (QED) is 0.809. The maximum Gasteiger partial charge on any atom is 0.305 e. The summed E-state index contributed by atoms with van der Waals surface area (Å²) in [4.78, 5) is 10.5. The Morgan fingerprint density at radius 2 is 2.12 bits per heavy atom. The third-order valence-corrected chi connectivity index (χ3v) is 3.71. The molecule has 3 rings (SSSR count). The van der Waals surface area contributed by atoms with Crippen molar-refractivity contribution in [2.24, 2.45) is 11.8 Å². The molecule has 0 amide bonds. The van der Waals surface area contributed by atoms with Crippen LogP contribution in [-0.2, 0) is 11.3 Å². The average Bonchev–Trinajstić information content (AvgIpc) is 2.72. The molecule has 6 nitrogen and oxygen atoms in total. The lowest BCUT2D eigenvalue weighted by atomic mass is 10.0. The fourth-order valence-electron chi connectivity index (χ4n) is 2.79. The highest BCUT2D eigenvalue weighted by molar-refractivity contribution is 5.66. The van der Waals surface area contributed by atoms with E-state index in [2.05, 4.69) is 15.5 Å². The number of carbonyl (C=O) groups is 1. The van der Waals surface area contributed by atoms with Gasteiger partial charge < -0.3 is 5.11 Å². The van der Waals surface area contributed by atoms with Crippen molar-refractivity contribution in [2.45, 2.75) is 38.1 Å². The van der Waals surface area contributed by atoms with Gasteiger partial charge in [-0.05, 0) is 41.5 Å². The number of fused-ring (bicyclic) bond motifs is 1. The lowest BCUT2D eigenvalue weighted by molar-refractivity contribution is -0.137. The second-order valence-corrected chi connectivity index (χ2v) is 4.83. The summed E-state index contributed by atoms with van der Waals surface area (Å²) in [6, 6.07) is 0. The first-order valence-corrected chi connectivity index (χ1v) is 5.72. The molecule has 16 heavy (non-hydrogen) atoms. The van der Waals surface area contributed by atoms with E-state index in [-0.39, 0.29) is 6.42 Å². The van der Waals surface area contributed by atoms with Crippen LogP contribution in [0.3, 0.4) is 0 Å². The van der Waals surface area contributed by atoms with E-state index in [0.717, 1.165) is 17.7 Å². The van der Waals surface area contributed by atoms with E-state index in [1.807, 2.05) is 0 Å². The zero-order valence-electron chi connectivity index (χ0n) is 8.91. The molecule has 2 unspecified atom stereocenters. The van der Waals surface area contributed by atoms with Gasteiger partial charge in [0.25, 0.3) is 0 Å². The SMILES string of the molecule is O=C(O)CCn1nnnc1C1CC2CC2C1. The Morgan fingerprint density at radius 3 is 2.81 bits per heavy atom. The van der Waals surface area contributed by atoms with E-state index >= 15 is 0 Å². The number of rotatable bonds is 4. The Bertz CT molecular complexity index is 407. The number of nitrogens with zero attached hydrogens (tertiary/aromatic N) is 4. The molecule has 2 aliphatic carbocycles. The molecule has 86 valence electrons. The highest BCUT2D eigenvalue weighted by Gasteiger charge is 2.47. The zero-order chi connectivity index (χ0) is 11.1. The molecule has 0 aliphatic heterocycles. The van der Waals surface area contributed by atoms with Gasteiger partial charge >= 0.3 is 5.97 Å². The molecule has 0 saturated heterocycles. The summed E-state index contributed by atoms with van der Waals surface area (Å²) in [5, 5.41) is 20.2. The number of carboxylic acid groups (broad SMARTS) is 1. The molecule has 2 saturated carbocycles. The van der Waals surface area contributed by atoms with Crippen molar-refractivity contribution in [3.05, 3.63) is 5.82 Å². The molecule has 1 aromatic rings. The van der Waals surface area contributed by atoms with Crippen LogP contribution >= 0.6 is 0 Å². The van der Waals surface area contributed by atoms with Crippen molar-refractivity contribution in [3.8, 4) is 0 Å². The molecular weight excluding hydrogens is 208 g/mol. The molecule has 1 heterocycles. The van der Waals surface area contributed by atoms with Crippen LogP contribution in [0.5, 0.6) is 0 Å². The molecule has 1 aromatic heterocycles. The van der Waals surface area contributed by atoms with E-state index in [4.69, 9.17) is 5.11 Å². The first-order chi connectivity index (χ1) is 7.74. The molecule has 1 N–H and O–H groups in total. The predicted octanol–water partition coefficient (Wildman–Crippen LogP) is 0.661. The van der Waals surface area contributed by atoms with Crippen LogP contribution in [0.1, 0.15) is 37.4 Å². The monoisotopic (exact) mass is 222 g/mol. The lowest BCUT2D eigenvalue weighted by Crippen LogP contribution is -2.12. The van der Waals surface area contributed by atoms with Gasteiger partial charge in [-0.1, -0.05) is 0 Å². The van der Waals surface area contributed by atoms with E-state index in [0.29, 0.717) is 12.5 Å². The molecule has 6 heteroatoms. The minimum atomic E-state index is -0.810. The first-order valence-electron chi connectivity index (χ1n) is 5.72. The number of aromatic nitrogens is 4. The topological polar surface area (TPSA) is 80.9 Å². The molecular formula is C10H14N4O2. The summed E-state index contributed by atoms with van der Waals surface area (Å²) < 4.78 is 1.66. The third-order valence-electron chi connectivity index (χ3n) is 3.71. The Balaban J connectivity index is 1.69. The summed E-state index contributed by atoms with van der Waals surface area (Å²) in [5.74, 6) is 2.29. The fourth-order valence-corrected chi connectivity index (χ4v) is 2.79. The van der Waals surface area contributed by atoms with Gasteiger partial charge in [0.15, 0.2) is 5.82 Å². The summed E-state index contributed by atoms with van der Waals surface area (Å²) in [6.45, 7) is 0.378.